The Bertz CT molecular complexity index is 1330. The summed E-state index contributed by atoms with van der Waals surface area (Å²) in [6, 6.07) is 5.47. The van der Waals surface area contributed by atoms with E-state index < -0.39 is 28.3 Å². The first kappa shape index (κ1) is 26.0. The Balaban J connectivity index is 0.00000122. The van der Waals surface area contributed by atoms with E-state index in [-0.39, 0.29) is 34.8 Å². The average molecular weight is 503 g/mol. The number of aromatic nitrogens is 2. The number of carbonyl (C=O) groups is 1. The molecule has 0 radical (unpaired) electrons. The maximum Gasteiger partial charge on any atom is 0.290 e. The average Bonchev–Trinajstić information content (AvgIpc) is 2.76. The number of nitrogens with one attached hydrogen (secondary N) is 2. The second-order valence-corrected chi connectivity index (χ2v) is 8.99. The SMILES string of the molecule is Cc1c(Nc2c(F)ccc(NS(=O)(=O)CCCF)c2Cl)ccc2ncn(C)c(=O)c12.O=CO. The number of benzene rings is 2. The van der Waals surface area contributed by atoms with E-state index in [1.165, 1.54) is 17.0 Å². The van der Waals surface area contributed by atoms with Crippen LogP contribution in [0.2, 0.25) is 5.02 Å². The first-order valence-corrected chi connectivity index (χ1v) is 11.4. The molecule has 3 N–H and O–H groups in total. The van der Waals surface area contributed by atoms with Crippen LogP contribution < -0.4 is 15.6 Å². The number of rotatable bonds is 7. The molecule has 0 fully saturated rings. The second kappa shape index (κ2) is 11.1. The number of halogens is 3. The van der Waals surface area contributed by atoms with Gasteiger partial charge in [-0.1, -0.05) is 11.6 Å². The van der Waals surface area contributed by atoms with Gasteiger partial charge in [0.2, 0.25) is 10.0 Å². The summed E-state index contributed by atoms with van der Waals surface area (Å²) in [5.41, 5.74) is 0.960. The van der Waals surface area contributed by atoms with E-state index in [1.54, 1.807) is 26.1 Å². The molecule has 0 saturated heterocycles. The fourth-order valence-electron chi connectivity index (χ4n) is 2.93. The Labute approximate surface area is 193 Å². The van der Waals surface area contributed by atoms with Crippen molar-refractivity contribution < 1.29 is 27.1 Å². The van der Waals surface area contributed by atoms with Gasteiger partial charge in [0.1, 0.15) is 5.82 Å². The number of carboxylic acid groups (broad SMARTS) is 1. The van der Waals surface area contributed by atoms with Crippen LogP contribution in [0.1, 0.15) is 12.0 Å². The zero-order valence-corrected chi connectivity index (χ0v) is 19.2. The van der Waals surface area contributed by atoms with E-state index >= 15 is 0 Å². The monoisotopic (exact) mass is 502 g/mol. The van der Waals surface area contributed by atoms with Crippen LogP contribution in [0.15, 0.2) is 35.4 Å². The minimum atomic E-state index is -3.85. The standard InChI is InChI=1S/C19H19ClF2N4O3S.CH2O2/c1-11-13(6-7-14-16(11)19(27)26(2)10-23-14)24-18-12(22)4-5-15(17(18)20)25-30(28,29)9-3-8-21;2-1-3/h4-7,10,24-25H,3,8-9H2,1-2H3;1H,(H,2,3). The fraction of sp³-hybridized carbons (Fsp3) is 0.250. The van der Waals surface area contributed by atoms with Crippen LogP contribution in [0, 0.1) is 12.7 Å². The highest BCUT2D eigenvalue weighted by Gasteiger charge is 2.18. The topological polar surface area (TPSA) is 130 Å². The molecule has 1 heterocycles. The summed E-state index contributed by atoms with van der Waals surface area (Å²) in [4.78, 5) is 25.0. The van der Waals surface area contributed by atoms with Crippen LogP contribution >= 0.6 is 11.6 Å². The number of aryl methyl sites for hydroxylation is 2. The van der Waals surface area contributed by atoms with Crippen molar-refractivity contribution in [2.75, 3.05) is 22.5 Å². The van der Waals surface area contributed by atoms with Crippen LogP contribution in [-0.4, -0.2) is 42.0 Å². The molecule has 3 aromatic rings. The Hall–Kier alpha value is -3.25. The number of nitrogens with zero attached hydrogens (tertiary/aromatic N) is 2. The zero-order valence-electron chi connectivity index (χ0n) is 17.6. The predicted octanol–water partition coefficient (Wildman–Crippen LogP) is 3.58. The summed E-state index contributed by atoms with van der Waals surface area (Å²) in [5, 5.41) is 9.90. The molecule has 0 bridgehead atoms. The molecule has 0 aliphatic carbocycles. The van der Waals surface area contributed by atoms with Crippen molar-refractivity contribution in [3.63, 3.8) is 0 Å². The zero-order chi connectivity index (χ0) is 24.8. The molecule has 0 saturated carbocycles. The fourth-order valence-corrected chi connectivity index (χ4v) is 4.33. The lowest BCUT2D eigenvalue weighted by atomic mass is 10.1. The molecule has 9 nitrogen and oxygen atoms in total. The molecule has 0 aliphatic rings. The Morgan fingerprint density at radius 2 is 1.88 bits per heavy atom. The highest BCUT2D eigenvalue weighted by atomic mass is 35.5. The molecule has 178 valence electrons. The summed E-state index contributed by atoms with van der Waals surface area (Å²) in [6.07, 6.45) is 1.24. The van der Waals surface area contributed by atoms with E-state index in [0.29, 0.717) is 22.2 Å². The minimum absolute atomic E-state index is 0.0459. The van der Waals surface area contributed by atoms with Crippen molar-refractivity contribution in [1.29, 1.82) is 0 Å². The molecule has 2 aromatic carbocycles. The molecule has 0 unspecified atom stereocenters. The van der Waals surface area contributed by atoms with Crippen LogP contribution in [0.4, 0.5) is 25.8 Å². The largest absolute Gasteiger partial charge is 0.483 e. The van der Waals surface area contributed by atoms with Crippen molar-refractivity contribution in [2.45, 2.75) is 13.3 Å². The van der Waals surface area contributed by atoms with Gasteiger partial charge in [0.05, 0.1) is 46.1 Å². The molecule has 3 rings (SSSR count). The van der Waals surface area contributed by atoms with Crippen molar-refractivity contribution in [3.05, 3.63) is 57.3 Å². The number of hydrogen-bond donors (Lipinski definition) is 3. The Kier molecular flexibility index (Phi) is 8.71. The molecular formula is C20H21ClF2N4O5S. The van der Waals surface area contributed by atoms with E-state index in [9.17, 15) is 22.0 Å². The van der Waals surface area contributed by atoms with Gasteiger partial charge >= 0.3 is 0 Å². The summed E-state index contributed by atoms with van der Waals surface area (Å²) >= 11 is 6.25. The molecule has 0 spiro atoms. The lowest BCUT2D eigenvalue weighted by Crippen LogP contribution is -2.18. The summed E-state index contributed by atoms with van der Waals surface area (Å²) < 4.78 is 54.4. The van der Waals surface area contributed by atoms with E-state index in [2.05, 4.69) is 15.0 Å². The third-order valence-corrected chi connectivity index (χ3v) is 6.26. The molecular weight excluding hydrogens is 482 g/mol. The van der Waals surface area contributed by atoms with E-state index in [0.717, 1.165) is 6.07 Å². The van der Waals surface area contributed by atoms with Gasteiger partial charge in [-0.3, -0.25) is 18.7 Å². The van der Waals surface area contributed by atoms with E-state index in [4.69, 9.17) is 21.5 Å². The van der Waals surface area contributed by atoms with Crippen molar-refractivity contribution in [2.24, 2.45) is 7.05 Å². The van der Waals surface area contributed by atoms with Crippen LogP contribution in [0.5, 0.6) is 0 Å². The van der Waals surface area contributed by atoms with Gasteiger partial charge in [-0.15, -0.1) is 0 Å². The highest BCUT2D eigenvalue weighted by molar-refractivity contribution is 7.92. The third kappa shape index (κ3) is 6.17. The van der Waals surface area contributed by atoms with Gasteiger partial charge < -0.3 is 15.0 Å². The van der Waals surface area contributed by atoms with Crippen molar-refractivity contribution in [3.8, 4) is 0 Å². The number of hydrogen-bond acceptors (Lipinski definition) is 6. The summed E-state index contributed by atoms with van der Waals surface area (Å²) in [6.45, 7) is 0.656. The lowest BCUT2D eigenvalue weighted by molar-refractivity contribution is -0.122. The van der Waals surface area contributed by atoms with Gasteiger partial charge in [-0.2, -0.15) is 0 Å². The molecule has 13 heteroatoms. The van der Waals surface area contributed by atoms with E-state index in [1.807, 2.05) is 0 Å². The number of anilines is 3. The molecule has 0 atom stereocenters. The maximum absolute atomic E-state index is 14.5. The normalized spacial score (nSPS) is 10.9. The molecule has 0 aliphatic heterocycles. The number of alkyl halides is 1. The predicted molar refractivity (Wildman–Crippen MR) is 123 cm³/mol. The maximum atomic E-state index is 14.5. The Morgan fingerprint density at radius 3 is 2.52 bits per heavy atom. The van der Waals surface area contributed by atoms with Gasteiger partial charge in [0, 0.05) is 12.7 Å². The number of sulfonamides is 1. The minimum Gasteiger partial charge on any atom is -0.483 e. The third-order valence-electron chi connectivity index (χ3n) is 4.51. The van der Waals surface area contributed by atoms with Gasteiger partial charge in [0.15, 0.2) is 0 Å². The number of fused-ring (bicyclic) bond motifs is 1. The smallest absolute Gasteiger partial charge is 0.290 e. The van der Waals surface area contributed by atoms with Crippen LogP contribution in [0.3, 0.4) is 0 Å². The van der Waals surface area contributed by atoms with Gasteiger partial charge in [0.25, 0.3) is 12.0 Å². The molecule has 1 aromatic heterocycles. The lowest BCUT2D eigenvalue weighted by Gasteiger charge is -2.16. The van der Waals surface area contributed by atoms with Crippen LogP contribution in [0.25, 0.3) is 10.9 Å². The summed E-state index contributed by atoms with van der Waals surface area (Å²) in [5.74, 6) is -1.15. The summed E-state index contributed by atoms with van der Waals surface area (Å²) in [7, 11) is -2.27. The van der Waals surface area contributed by atoms with Crippen molar-refractivity contribution in [1.82, 2.24) is 9.55 Å². The van der Waals surface area contributed by atoms with Gasteiger partial charge in [-0.05, 0) is 43.2 Å². The quantitative estimate of drug-likeness (QED) is 0.421. The molecule has 33 heavy (non-hydrogen) atoms. The van der Waals surface area contributed by atoms with Crippen molar-refractivity contribution >= 4 is 56.1 Å². The van der Waals surface area contributed by atoms with Crippen LogP contribution in [-0.2, 0) is 21.9 Å². The first-order chi connectivity index (χ1) is 15.6. The molecule has 0 amide bonds. The second-order valence-electron chi connectivity index (χ2n) is 6.77. The Morgan fingerprint density at radius 1 is 1.24 bits per heavy atom. The van der Waals surface area contributed by atoms with Gasteiger partial charge in [-0.25, -0.2) is 17.8 Å². The highest BCUT2D eigenvalue weighted by Crippen LogP contribution is 2.36. The first-order valence-electron chi connectivity index (χ1n) is 9.40.